The van der Waals surface area contributed by atoms with E-state index in [0.717, 1.165) is 55.7 Å². The second-order valence-electron chi connectivity index (χ2n) is 6.27. The summed E-state index contributed by atoms with van der Waals surface area (Å²) in [4.78, 5) is 9.63. The van der Waals surface area contributed by atoms with E-state index >= 15 is 0 Å². The maximum atomic E-state index is 5.49. The zero-order valence-corrected chi connectivity index (χ0v) is 19.8. The van der Waals surface area contributed by atoms with Gasteiger partial charge in [0, 0.05) is 44.4 Å². The molecule has 0 saturated carbocycles. The quantitative estimate of drug-likeness (QED) is 0.361. The number of aliphatic imine (C=N–C) groups is 1. The van der Waals surface area contributed by atoms with E-state index in [1.54, 1.807) is 25.6 Å². The van der Waals surface area contributed by atoms with Crippen LogP contribution >= 0.6 is 35.3 Å². The summed E-state index contributed by atoms with van der Waals surface area (Å²) >= 11 is 1.80. The molecule has 28 heavy (non-hydrogen) atoms. The molecular weight excluding hydrogens is 487 g/mol. The van der Waals surface area contributed by atoms with Crippen molar-refractivity contribution in [2.24, 2.45) is 4.99 Å². The smallest absolute Gasteiger partial charge is 0.194 e. The van der Waals surface area contributed by atoms with Crippen LogP contribution in [0.4, 0.5) is 5.00 Å². The number of nitrogens with one attached hydrogen (secondary N) is 1. The number of halogens is 1. The molecule has 154 valence electrons. The molecule has 1 saturated heterocycles. The van der Waals surface area contributed by atoms with Crippen molar-refractivity contribution in [1.82, 2.24) is 10.2 Å². The van der Waals surface area contributed by atoms with Crippen molar-refractivity contribution in [3.8, 4) is 11.5 Å². The highest BCUT2D eigenvalue weighted by Gasteiger charge is 2.20. The summed E-state index contributed by atoms with van der Waals surface area (Å²) in [7, 11) is 3.34. The van der Waals surface area contributed by atoms with Crippen LogP contribution in [0.2, 0.25) is 0 Å². The predicted octanol–water partition coefficient (Wildman–Crippen LogP) is 3.67. The van der Waals surface area contributed by atoms with Crippen LogP contribution in [0.3, 0.4) is 0 Å². The highest BCUT2D eigenvalue weighted by atomic mass is 127. The Morgan fingerprint density at radius 1 is 1.14 bits per heavy atom. The molecule has 6 nitrogen and oxygen atoms in total. The molecule has 2 aromatic rings. The molecule has 1 N–H and O–H groups in total. The number of methoxy groups -OCH3 is 2. The van der Waals surface area contributed by atoms with Gasteiger partial charge in [0.1, 0.15) is 11.5 Å². The molecule has 0 spiro atoms. The van der Waals surface area contributed by atoms with Crippen LogP contribution in [-0.4, -0.2) is 57.8 Å². The topological polar surface area (TPSA) is 49.3 Å². The van der Waals surface area contributed by atoms with Crippen molar-refractivity contribution in [1.29, 1.82) is 0 Å². The number of piperazine rings is 1. The molecule has 1 aliphatic rings. The Balaban J connectivity index is 0.00000280. The first-order valence-electron chi connectivity index (χ1n) is 9.27. The van der Waals surface area contributed by atoms with Gasteiger partial charge < -0.3 is 24.6 Å². The molecular formula is C20H29IN4O2S. The summed E-state index contributed by atoms with van der Waals surface area (Å²) in [5.74, 6) is 2.55. The minimum atomic E-state index is 0. The van der Waals surface area contributed by atoms with E-state index in [-0.39, 0.29) is 24.0 Å². The van der Waals surface area contributed by atoms with E-state index < -0.39 is 0 Å². The fraction of sp³-hybridized carbons (Fsp3) is 0.450. The van der Waals surface area contributed by atoms with Gasteiger partial charge in [0.25, 0.3) is 0 Å². The Hall–Kier alpha value is -1.68. The number of anilines is 1. The summed E-state index contributed by atoms with van der Waals surface area (Å²) in [6.07, 6.45) is 0. The van der Waals surface area contributed by atoms with E-state index in [2.05, 4.69) is 39.6 Å². The summed E-state index contributed by atoms with van der Waals surface area (Å²) in [6.45, 7) is 7.47. The zero-order chi connectivity index (χ0) is 19.1. The molecule has 8 heteroatoms. The predicted molar refractivity (Wildman–Crippen MR) is 128 cm³/mol. The molecule has 0 bridgehead atoms. The third-order valence-corrected chi connectivity index (χ3v) is 5.55. The average Bonchev–Trinajstić information content (AvgIpc) is 3.26. The first-order chi connectivity index (χ1) is 13.2. The normalized spacial score (nSPS) is 14.5. The van der Waals surface area contributed by atoms with Crippen molar-refractivity contribution in [2.75, 3.05) is 51.8 Å². The maximum absolute atomic E-state index is 5.49. The fourth-order valence-corrected chi connectivity index (χ4v) is 3.94. The van der Waals surface area contributed by atoms with Gasteiger partial charge in [-0.25, -0.2) is 4.99 Å². The number of benzene rings is 1. The van der Waals surface area contributed by atoms with Crippen molar-refractivity contribution < 1.29 is 9.47 Å². The van der Waals surface area contributed by atoms with E-state index in [1.807, 2.05) is 18.2 Å². The second-order valence-corrected chi connectivity index (χ2v) is 7.20. The lowest BCUT2D eigenvalue weighted by Crippen LogP contribution is -2.52. The molecule has 1 aliphatic heterocycles. The van der Waals surface area contributed by atoms with Gasteiger partial charge >= 0.3 is 0 Å². The van der Waals surface area contributed by atoms with Gasteiger partial charge in [0.15, 0.2) is 5.96 Å². The highest BCUT2D eigenvalue weighted by Crippen LogP contribution is 2.25. The van der Waals surface area contributed by atoms with Crippen molar-refractivity contribution in [3.05, 3.63) is 41.3 Å². The Labute approximate surface area is 188 Å². The van der Waals surface area contributed by atoms with Gasteiger partial charge in [-0.3, -0.25) is 0 Å². The van der Waals surface area contributed by atoms with Crippen molar-refractivity contribution >= 4 is 46.3 Å². The van der Waals surface area contributed by atoms with E-state index in [0.29, 0.717) is 6.54 Å². The van der Waals surface area contributed by atoms with Crippen molar-refractivity contribution in [2.45, 2.75) is 13.5 Å². The Morgan fingerprint density at radius 3 is 2.54 bits per heavy atom. The fourth-order valence-electron chi connectivity index (χ4n) is 3.16. The van der Waals surface area contributed by atoms with Crippen LogP contribution in [0.15, 0.2) is 40.7 Å². The van der Waals surface area contributed by atoms with Crippen LogP contribution in [-0.2, 0) is 6.54 Å². The summed E-state index contributed by atoms with van der Waals surface area (Å²) in [5.41, 5.74) is 1.05. The van der Waals surface area contributed by atoms with Crippen molar-refractivity contribution in [3.63, 3.8) is 0 Å². The Bertz CT molecular complexity index is 747. The molecule has 0 aliphatic carbocycles. The van der Waals surface area contributed by atoms with Crippen LogP contribution in [0, 0.1) is 0 Å². The Morgan fingerprint density at radius 2 is 1.93 bits per heavy atom. The maximum Gasteiger partial charge on any atom is 0.194 e. The lowest BCUT2D eigenvalue weighted by Gasteiger charge is -2.37. The molecule has 0 unspecified atom stereocenters. The minimum Gasteiger partial charge on any atom is -0.497 e. The molecule has 0 amide bonds. The molecule has 0 radical (unpaired) electrons. The molecule has 1 fully saturated rings. The Kier molecular flexibility index (Phi) is 9.17. The molecule has 1 aromatic heterocycles. The molecule has 3 rings (SSSR count). The summed E-state index contributed by atoms with van der Waals surface area (Å²) in [6, 6.07) is 10.2. The molecule has 1 aromatic carbocycles. The molecule has 2 heterocycles. The van der Waals surface area contributed by atoms with Gasteiger partial charge in [-0.2, -0.15) is 0 Å². The number of thiophene rings is 1. The number of rotatable bonds is 6. The minimum absolute atomic E-state index is 0. The van der Waals surface area contributed by atoms with E-state index in [1.165, 1.54) is 5.00 Å². The SMILES string of the molecule is CCNC(=NCc1ccc(OC)cc1OC)N1CCN(c2cccs2)CC1.I. The third-order valence-electron chi connectivity index (χ3n) is 4.63. The zero-order valence-electron chi connectivity index (χ0n) is 16.7. The van der Waals surface area contributed by atoms with Crippen LogP contribution in [0.25, 0.3) is 0 Å². The summed E-state index contributed by atoms with van der Waals surface area (Å²) < 4.78 is 10.8. The number of nitrogens with zero attached hydrogens (tertiary/aromatic N) is 3. The lowest BCUT2D eigenvalue weighted by atomic mass is 10.2. The first-order valence-corrected chi connectivity index (χ1v) is 10.2. The summed E-state index contributed by atoms with van der Waals surface area (Å²) in [5, 5.41) is 6.91. The third kappa shape index (κ3) is 5.66. The van der Waals surface area contributed by atoms with Gasteiger partial charge in [-0.1, -0.05) is 0 Å². The van der Waals surface area contributed by atoms with E-state index in [4.69, 9.17) is 14.5 Å². The van der Waals surface area contributed by atoms with Crippen LogP contribution < -0.4 is 19.7 Å². The largest absolute Gasteiger partial charge is 0.497 e. The lowest BCUT2D eigenvalue weighted by molar-refractivity contribution is 0.372. The van der Waals surface area contributed by atoms with Crippen LogP contribution in [0.5, 0.6) is 11.5 Å². The molecule has 0 atom stereocenters. The van der Waals surface area contributed by atoms with Gasteiger partial charge in [0.05, 0.1) is 25.8 Å². The second kappa shape index (κ2) is 11.4. The van der Waals surface area contributed by atoms with Crippen LogP contribution in [0.1, 0.15) is 12.5 Å². The first kappa shape index (κ1) is 22.6. The average molecular weight is 516 g/mol. The van der Waals surface area contributed by atoms with Gasteiger partial charge in [-0.05, 0) is 36.6 Å². The highest BCUT2D eigenvalue weighted by molar-refractivity contribution is 14.0. The number of guanidine groups is 1. The number of hydrogen-bond acceptors (Lipinski definition) is 5. The van der Waals surface area contributed by atoms with E-state index in [9.17, 15) is 0 Å². The van der Waals surface area contributed by atoms with Gasteiger partial charge in [-0.15, -0.1) is 35.3 Å². The monoisotopic (exact) mass is 516 g/mol. The number of ether oxygens (including phenoxy) is 2. The standard InChI is InChI=1S/C20H28N4O2S.HI/c1-4-21-20(22-15-16-7-8-17(25-2)14-18(16)26-3)24-11-9-23(10-12-24)19-6-5-13-27-19;/h5-8,13-14H,4,9-12,15H2,1-3H3,(H,21,22);1H. The van der Waals surface area contributed by atoms with Gasteiger partial charge in [0.2, 0.25) is 0 Å². The number of hydrogen-bond donors (Lipinski definition) is 1.